The molecule has 0 bridgehead atoms. The highest BCUT2D eigenvalue weighted by molar-refractivity contribution is 6.36. The van der Waals surface area contributed by atoms with Gasteiger partial charge in [0.1, 0.15) is 29.7 Å². The van der Waals surface area contributed by atoms with Gasteiger partial charge in [-0.05, 0) is 93.9 Å². The van der Waals surface area contributed by atoms with Gasteiger partial charge in [-0.15, -0.1) is 0 Å². The molecule has 3 unspecified atom stereocenters. The van der Waals surface area contributed by atoms with Crippen LogP contribution in [-0.4, -0.2) is 70.5 Å². The molecule has 3 atom stereocenters. The first-order valence-corrected chi connectivity index (χ1v) is 24.5. The topological polar surface area (TPSA) is 128 Å². The summed E-state index contributed by atoms with van der Waals surface area (Å²) < 4.78 is 22.4. The van der Waals surface area contributed by atoms with Gasteiger partial charge in [-0.25, -0.2) is 4.39 Å². The Bertz CT molecular complexity index is 2190. The number of ether oxygens (including phenoxy) is 1. The molecule has 0 amide bonds. The number of aromatic nitrogens is 2. The summed E-state index contributed by atoms with van der Waals surface area (Å²) in [7, 11) is 0. The number of carbonyl (C=O) groups excluding carboxylic acids is 4. The zero-order valence-electron chi connectivity index (χ0n) is 41.0. The van der Waals surface area contributed by atoms with Crippen LogP contribution in [0, 0.1) is 29.5 Å². The average Bonchev–Trinajstić information content (AvgIpc) is 3.81. The summed E-state index contributed by atoms with van der Waals surface area (Å²) in [5, 5.41) is 4.98. The number of nitrogens with zero attached hydrogens (tertiary/aromatic N) is 4. The van der Waals surface area contributed by atoms with Crippen molar-refractivity contribution in [3.8, 4) is 0 Å². The van der Waals surface area contributed by atoms with Gasteiger partial charge in [-0.3, -0.25) is 23.9 Å². The molecule has 3 aromatic rings. The van der Waals surface area contributed by atoms with Gasteiger partial charge in [-0.1, -0.05) is 91.2 Å². The molecule has 13 heteroatoms. The highest BCUT2D eigenvalue weighted by Crippen LogP contribution is 2.33. The predicted molar refractivity (Wildman–Crippen MR) is 269 cm³/mol. The van der Waals surface area contributed by atoms with Crippen LogP contribution in [0.15, 0.2) is 72.9 Å². The quantitative estimate of drug-likeness (QED) is 0.0480. The second-order valence-corrected chi connectivity index (χ2v) is 18.2. The molecule has 2 N–H and O–H groups in total. The van der Waals surface area contributed by atoms with Gasteiger partial charge >= 0.3 is 0 Å². The second-order valence-electron chi connectivity index (χ2n) is 17.5. The van der Waals surface area contributed by atoms with E-state index in [9.17, 15) is 23.6 Å². The third kappa shape index (κ3) is 15.5. The minimum Gasteiger partial charge on any atom is -0.487 e. The van der Waals surface area contributed by atoms with Crippen molar-refractivity contribution in [3.63, 3.8) is 0 Å². The lowest BCUT2D eigenvalue weighted by Gasteiger charge is -2.44. The van der Waals surface area contributed by atoms with Crippen molar-refractivity contribution in [1.82, 2.24) is 14.7 Å². The van der Waals surface area contributed by atoms with Crippen molar-refractivity contribution in [2.45, 2.75) is 127 Å². The Kier molecular flexibility index (Phi) is 23.0. The van der Waals surface area contributed by atoms with Gasteiger partial charge in [0.2, 0.25) is 0 Å². The number of piperidine rings is 1. The number of carbonyl (C=O) groups is 4. The number of ketones is 4. The first-order valence-electron chi connectivity index (χ1n) is 23.7. The maximum absolute atomic E-state index is 14.2. The van der Waals surface area contributed by atoms with E-state index in [-0.39, 0.29) is 58.6 Å². The number of allylic oxidation sites excluding steroid dienone is 4. The Morgan fingerprint density at radius 2 is 1.61 bits per heavy atom. The van der Waals surface area contributed by atoms with Gasteiger partial charge in [-0.2, -0.15) is 5.10 Å². The molecule has 362 valence electrons. The number of hydrogen-bond donors (Lipinski definition) is 1. The molecular weight excluding hydrogens is 877 g/mol. The number of halogens is 3. The molecule has 0 saturated carbocycles. The van der Waals surface area contributed by atoms with Crippen LogP contribution in [0.1, 0.15) is 152 Å². The van der Waals surface area contributed by atoms with Crippen molar-refractivity contribution in [1.29, 1.82) is 0 Å². The van der Waals surface area contributed by atoms with E-state index in [0.29, 0.717) is 58.3 Å². The summed E-state index contributed by atoms with van der Waals surface area (Å²) in [5.41, 5.74) is 11.2. The van der Waals surface area contributed by atoms with E-state index in [1.165, 1.54) is 19.1 Å². The van der Waals surface area contributed by atoms with Gasteiger partial charge in [0, 0.05) is 102 Å². The molecule has 0 spiro atoms. The Hall–Kier alpha value is -4.58. The van der Waals surface area contributed by atoms with E-state index in [2.05, 4.69) is 23.3 Å². The summed E-state index contributed by atoms with van der Waals surface area (Å²) in [6.45, 7) is 27.7. The summed E-state index contributed by atoms with van der Waals surface area (Å²) >= 11 is 12.5. The van der Waals surface area contributed by atoms with Crippen LogP contribution >= 0.6 is 23.2 Å². The number of hydrogen-bond acceptors (Lipinski definition) is 9. The Balaban J connectivity index is 0.000000779. The zero-order valence-corrected chi connectivity index (χ0v) is 42.5. The van der Waals surface area contributed by atoms with Crippen LogP contribution < -0.4 is 10.6 Å². The van der Waals surface area contributed by atoms with E-state index in [0.717, 1.165) is 75.2 Å². The number of rotatable bonds is 21. The van der Waals surface area contributed by atoms with Crippen LogP contribution in [0.3, 0.4) is 0 Å². The van der Waals surface area contributed by atoms with E-state index in [1.807, 2.05) is 89.8 Å². The molecule has 2 fully saturated rings. The number of anilines is 1. The maximum atomic E-state index is 14.2. The first kappa shape index (κ1) is 55.7. The summed E-state index contributed by atoms with van der Waals surface area (Å²) in [6, 6.07) is 8.68. The van der Waals surface area contributed by atoms with E-state index >= 15 is 0 Å². The van der Waals surface area contributed by atoms with E-state index in [4.69, 9.17) is 38.8 Å². The third-order valence-corrected chi connectivity index (χ3v) is 13.6. The molecule has 2 aliphatic rings. The lowest BCUT2D eigenvalue weighted by molar-refractivity contribution is -0.121. The molecule has 2 saturated heterocycles. The van der Waals surface area contributed by atoms with E-state index < -0.39 is 5.82 Å². The molecule has 66 heavy (non-hydrogen) atoms. The smallest absolute Gasteiger partial charge is 0.166 e. The fourth-order valence-corrected chi connectivity index (χ4v) is 8.16. The highest BCUT2D eigenvalue weighted by atomic mass is 35.5. The summed E-state index contributed by atoms with van der Waals surface area (Å²) in [4.78, 5) is 51.7. The van der Waals surface area contributed by atoms with Gasteiger partial charge in [0.25, 0.3) is 0 Å². The zero-order chi connectivity index (χ0) is 49.2. The fourth-order valence-electron chi connectivity index (χ4n) is 7.68. The standard InChI is InChI=1S/C42H52Cl2FN5O3.C9H16O2.C2H6/c1-7-26(4)41(46)39(53-25-36-37(43)12-13-38(45)40(36)44)18-30(9-3)31-20-47-50(24-31)32-14-16-48(17-15-32)21-29-22-49(23-29)33-10-11-34(35(19-33)28(6)51)42(52)27(5)8-2;1-4-9(11)6-5-7(2)8(3)10;1-2/h9-13,18-20,24,26-27,29,32H,3,7-8,14-17,21-23,25,46H2,1-2,4-6H3;7H,4-6H2,1-3H3;1-2H3/b30-18+,41-39-;;. The minimum atomic E-state index is -0.565. The maximum Gasteiger partial charge on any atom is 0.166 e. The van der Waals surface area contributed by atoms with E-state index in [1.54, 1.807) is 13.0 Å². The molecule has 10 nitrogen and oxygen atoms in total. The summed E-state index contributed by atoms with van der Waals surface area (Å²) in [5.74, 6) is 0.801. The molecule has 3 heterocycles. The lowest BCUT2D eigenvalue weighted by Crippen LogP contribution is -2.52. The van der Waals surface area contributed by atoms with Crippen molar-refractivity contribution >= 4 is 57.6 Å². The molecule has 2 aromatic carbocycles. The van der Waals surface area contributed by atoms with Crippen LogP contribution in [0.4, 0.5) is 10.1 Å². The molecular formula is C53H74Cl2FN5O5. The SMILES string of the molecule is C=C/C(=C\C(OCc1c(Cl)ccc(F)c1Cl)=C(\N)C(C)CC)c1cnn(C2CCN(CC3CN(c4ccc(C(=O)C(C)CC)c(C(C)=O)c4)C3)CC2)c1.CC.CCC(=O)CCC(C)C(C)=O. The molecule has 1 aromatic heterocycles. The molecule has 5 rings (SSSR count). The van der Waals surface area contributed by atoms with Crippen LogP contribution in [-0.2, 0) is 20.9 Å². The van der Waals surface area contributed by atoms with Crippen molar-refractivity contribution < 1.29 is 28.3 Å². The number of likely N-dealkylation sites (tertiary alicyclic amines) is 1. The normalized spacial score (nSPS) is 16.3. The van der Waals surface area contributed by atoms with Crippen molar-refractivity contribution in [2.24, 2.45) is 29.4 Å². The molecule has 0 aliphatic carbocycles. The fraction of sp³-hybridized carbons (Fsp3) is 0.528. The van der Waals surface area contributed by atoms with Gasteiger partial charge in [0.15, 0.2) is 11.6 Å². The highest BCUT2D eigenvalue weighted by Gasteiger charge is 2.32. The van der Waals surface area contributed by atoms with Gasteiger partial charge < -0.3 is 20.3 Å². The monoisotopic (exact) mass is 950 g/mol. The minimum absolute atomic E-state index is 0.0349. The summed E-state index contributed by atoms with van der Waals surface area (Å²) in [6.07, 6.45) is 12.9. The Morgan fingerprint density at radius 3 is 2.18 bits per heavy atom. The largest absolute Gasteiger partial charge is 0.487 e. The number of Topliss-reactive ketones (excluding diaryl/α,β-unsaturated/α-hetero) is 4. The van der Waals surface area contributed by atoms with Crippen molar-refractivity contribution in [3.05, 3.63) is 111 Å². The average molecular weight is 951 g/mol. The van der Waals surface area contributed by atoms with Gasteiger partial charge in [0.05, 0.1) is 23.0 Å². The van der Waals surface area contributed by atoms with Crippen LogP contribution in [0.5, 0.6) is 0 Å². The Morgan fingerprint density at radius 1 is 0.955 bits per heavy atom. The first-order chi connectivity index (χ1) is 31.4. The number of nitrogens with two attached hydrogens (primary N) is 1. The van der Waals surface area contributed by atoms with Crippen LogP contribution in [0.2, 0.25) is 10.0 Å². The second kappa shape index (κ2) is 27.3. The number of benzene rings is 2. The molecule has 2 aliphatic heterocycles. The Labute approximate surface area is 403 Å². The predicted octanol–water partition coefficient (Wildman–Crippen LogP) is 12.5. The third-order valence-electron chi connectivity index (χ3n) is 12.8. The van der Waals surface area contributed by atoms with Crippen LogP contribution in [0.25, 0.3) is 5.57 Å². The lowest BCUT2D eigenvalue weighted by atomic mass is 9.90. The molecule has 0 radical (unpaired) electrons. The van der Waals surface area contributed by atoms with Crippen molar-refractivity contribution in [2.75, 3.05) is 37.6 Å².